The molecular formula is C21H17N5O4. The van der Waals surface area contributed by atoms with Crippen molar-refractivity contribution in [2.75, 3.05) is 0 Å². The normalized spacial score (nSPS) is 11.4. The van der Waals surface area contributed by atoms with Gasteiger partial charge in [-0.15, -0.1) is 0 Å². The van der Waals surface area contributed by atoms with Crippen LogP contribution in [0.3, 0.4) is 0 Å². The molecule has 2 heterocycles. The van der Waals surface area contributed by atoms with Crippen LogP contribution in [0.5, 0.6) is 5.88 Å². The lowest BCUT2D eigenvalue weighted by Crippen LogP contribution is -2.31. The summed E-state index contributed by atoms with van der Waals surface area (Å²) in [4.78, 5) is 43.8. The second-order valence-corrected chi connectivity index (χ2v) is 6.71. The lowest BCUT2D eigenvalue weighted by Gasteiger charge is -2.10. The Kier molecular flexibility index (Phi) is 4.63. The Morgan fingerprint density at radius 2 is 1.83 bits per heavy atom. The van der Waals surface area contributed by atoms with E-state index in [-0.39, 0.29) is 5.56 Å². The fourth-order valence-corrected chi connectivity index (χ4v) is 3.15. The summed E-state index contributed by atoms with van der Waals surface area (Å²) in [5.41, 5.74) is -0.535. The zero-order chi connectivity index (χ0) is 21.4. The molecule has 0 unspecified atom stereocenters. The minimum atomic E-state index is -0.829. The summed E-state index contributed by atoms with van der Waals surface area (Å²) >= 11 is 0. The second-order valence-electron chi connectivity index (χ2n) is 6.71. The van der Waals surface area contributed by atoms with E-state index in [9.17, 15) is 19.5 Å². The van der Waals surface area contributed by atoms with Crippen LogP contribution >= 0.6 is 0 Å². The molecule has 0 atom stereocenters. The van der Waals surface area contributed by atoms with Crippen molar-refractivity contribution >= 4 is 17.1 Å². The number of nitrogens with one attached hydrogen (secondary N) is 1. The number of benzene rings is 2. The average molecular weight is 403 g/mol. The number of rotatable bonds is 3. The van der Waals surface area contributed by atoms with Crippen molar-refractivity contribution in [2.45, 2.75) is 13.8 Å². The van der Waals surface area contributed by atoms with Gasteiger partial charge in [-0.1, -0.05) is 24.3 Å². The van der Waals surface area contributed by atoms with Crippen molar-refractivity contribution in [2.24, 2.45) is 5.10 Å². The molecule has 0 saturated heterocycles. The summed E-state index contributed by atoms with van der Waals surface area (Å²) in [6.07, 6.45) is 1.03. The number of fused-ring (bicyclic) bond motifs is 1. The summed E-state index contributed by atoms with van der Waals surface area (Å²) in [6, 6.07) is 13.7. The Hall–Kier alpha value is -4.27. The molecule has 0 saturated carbocycles. The Bertz CT molecular complexity index is 1490. The molecular weight excluding hydrogens is 386 g/mol. The van der Waals surface area contributed by atoms with Crippen molar-refractivity contribution in [1.29, 1.82) is 0 Å². The smallest absolute Gasteiger partial charge is 0.335 e. The number of H-pyrrole nitrogens is 1. The molecule has 9 nitrogen and oxygen atoms in total. The number of hydrogen-bond donors (Lipinski definition) is 2. The van der Waals surface area contributed by atoms with Crippen LogP contribution in [0.2, 0.25) is 0 Å². The topological polar surface area (TPSA) is 122 Å². The standard InChI is InChI=1S/C21H17N5O4/c1-12-6-5-7-14(10-12)25-19(28)16(18(27)24-21(25)30)11-22-26-13(2)23-17-9-4-3-8-15(17)20(26)29/h3-11,28H,1-2H3,(H,24,27,30)/b22-11+. The van der Waals surface area contributed by atoms with Gasteiger partial charge in [0, 0.05) is 0 Å². The Labute approximate surface area is 169 Å². The maximum absolute atomic E-state index is 12.7. The van der Waals surface area contributed by atoms with E-state index in [1.807, 2.05) is 13.0 Å². The van der Waals surface area contributed by atoms with Gasteiger partial charge in [0.1, 0.15) is 11.4 Å². The Morgan fingerprint density at radius 1 is 1.07 bits per heavy atom. The average Bonchev–Trinajstić information content (AvgIpc) is 2.69. The molecule has 2 aromatic carbocycles. The molecule has 2 aromatic heterocycles. The zero-order valence-electron chi connectivity index (χ0n) is 16.2. The monoisotopic (exact) mass is 403 g/mol. The molecule has 0 fully saturated rings. The number of para-hydroxylation sites is 1. The molecule has 0 aliphatic carbocycles. The van der Waals surface area contributed by atoms with E-state index in [0.717, 1.165) is 21.0 Å². The van der Waals surface area contributed by atoms with Crippen LogP contribution in [-0.2, 0) is 0 Å². The van der Waals surface area contributed by atoms with Crippen molar-refractivity contribution in [1.82, 2.24) is 19.2 Å². The summed E-state index contributed by atoms with van der Waals surface area (Å²) < 4.78 is 1.99. The van der Waals surface area contributed by atoms with E-state index in [1.165, 1.54) is 0 Å². The highest BCUT2D eigenvalue weighted by molar-refractivity contribution is 5.82. The first-order chi connectivity index (χ1) is 14.4. The molecule has 0 aliphatic heterocycles. The van der Waals surface area contributed by atoms with Gasteiger partial charge in [-0.2, -0.15) is 9.78 Å². The third-order valence-corrected chi connectivity index (χ3v) is 4.60. The SMILES string of the molecule is Cc1cccc(-n2c(O)c(/C=N/n3c(C)nc4ccccc4c3=O)c(=O)[nH]c2=O)c1. The number of aromatic hydroxyl groups is 1. The first kappa shape index (κ1) is 19.1. The van der Waals surface area contributed by atoms with Crippen LogP contribution in [-0.4, -0.2) is 30.5 Å². The molecule has 4 aromatic rings. The van der Waals surface area contributed by atoms with E-state index in [2.05, 4.69) is 15.1 Å². The van der Waals surface area contributed by atoms with Gasteiger partial charge in [-0.25, -0.2) is 14.3 Å². The quantitative estimate of drug-likeness (QED) is 0.501. The van der Waals surface area contributed by atoms with Crippen LogP contribution in [0.4, 0.5) is 0 Å². The van der Waals surface area contributed by atoms with Crippen molar-refractivity contribution in [3.8, 4) is 11.6 Å². The third-order valence-electron chi connectivity index (χ3n) is 4.60. The fraction of sp³-hybridized carbons (Fsp3) is 0.0952. The highest BCUT2D eigenvalue weighted by Gasteiger charge is 2.15. The van der Waals surface area contributed by atoms with E-state index >= 15 is 0 Å². The predicted molar refractivity (Wildman–Crippen MR) is 113 cm³/mol. The number of aryl methyl sites for hydroxylation is 2. The minimum absolute atomic E-state index is 0.268. The maximum atomic E-state index is 12.7. The molecule has 0 spiro atoms. The van der Waals surface area contributed by atoms with Crippen LogP contribution in [0.1, 0.15) is 17.0 Å². The number of aromatic amines is 1. The Balaban J connectivity index is 1.89. The van der Waals surface area contributed by atoms with Gasteiger partial charge < -0.3 is 5.11 Å². The molecule has 0 radical (unpaired) electrons. The lowest BCUT2D eigenvalue weighted by molar-refractivity contribution is 0.430. The third kappa shape index (κ3) is 3.22. The van der Waals surface area contributed by atoms with E-state index in [0.29, 0.717) is 22.4 Å². The number of hydrogen-bond acceptors (Lipinski definition) is 6. The second kappa shape index (κ2) is 7.28. The summed E-state index contributed by atoms with van der Waals surface area (Å²) in [5, 5.41) is 15.0. The highest BCUT2D eigenvalue weighted by Crippen LogP contribution is 2.16. The lowest BCUT2D eigenvalue weighted by atomic mass is 10.2. The van der Waals surface area contributed by atoms with E-state index in [4.69, 9.17) is 0 Å². The van der Waals surface area contributed by atoms with Gasteiger partial charge in [0.15, 0.2) is 0 Å². The largest absolute Gasteiger partial charge is 0.493 e. The number of aromatic nitrogens is 4. The van der Waals surface area contributed by atoms with Gasteiger partial charge in [0.2, 0.25) is 5.88 Å². The molecule has 4 rings (SSSR count). The van der Waals surface area contributed by atoms with Crippen LogP contribution in [0.15, 0.2) is 68.0 Å². The molecule has 150 valence electrons. The van der Waals surface area contributed by atoms with Gasteiger partial charge in [-0.05, 0) is 43.7 Å². The number of nitrogens with zero attached hydrogens (tertiary/aromatic N) is 4. The van der Waals surface area contributed by atoms with Crippen LogP contribution in [0, 0.1) is 13.8 Å². The zero-order valence-corrected chi connectivity index (χ0v) is 16.2. The molecule has 0 aliphatic rings. The van der Waals surface area contributed by atoms with Gasteiger partial charge in [0.25, 0.3) is 11.1 Å². The highest BCUT2D eigenvalue weighted by atomic mass is 16.3. The molecule has 9 heteroatoms. The van der Waals surface area contributed by atoms with Gasteiger partial charge in [-0.3, -0.25) is 14.6 Å². The van der Waals surface area contributed by atoms with Crippen molar-refractivity contribution in [3.05, 3.63) is 96.7 Å². The molecule has 2 N–H and O–H groups in total. The Morgan fingerprint density at radius 3 is 2.60 bits per heavy atom. The maximum Gasteiger partial charge on any atom is 0.335 e. The first-order valence-corrected chi connectivity index (χ1v) is 9.05. The van der Waals surface area contributed by atoms with Crippen molar-refractivity contribution in [3.63, 3.8) is 0 Å². The van der Waals surface area contributed by atoms with Gasteiger partial charge >= 0.3 is 5.69 Å². The molecule has 0 bridgehead atoms. The summed E-state index contributed by atoms with van der Waals surface area (Å²) in [5.74, 6) is -0.282. The molecule has 0 amide bonds. The van der Waals surface area contributed by atoms with Crippen molar-refractivity contribution < 1.29 is 5.11 Å². The van der Waals surface area contributed by atoms with Crippen LogP contribution in [0.25, 0.3) is 16.6 Å². The fourth-order valence-electron chi connectivity index (χ4n) is 3.15. The minimum Gasteiger partial charge on any atom is -0.493 e. The summed E-state index contributed by atoms with van der Waals surface area (Å²) in [6.45, 7) is 3.44. The predicted octanol–water partition coefficient (Wildman–Crippen LogP) is 1.44. The molecule has 30 heavy (non-hydrogen) atoms. The summed E-state index contributed by atoms with van der Waals surface area (Å²) in [7, 11) is 0. The first-order valence-electron chi connectivity index (χ1n) is 9.05. The van der Waals surface area contributed by atoms with Crippen LogP contribution < -0.4 is 16.8 Å². The van der Waals surface area contributed by atoms with E-state index < -0.39 is 22.7 Å². The van der Waals surface area contributed by atoms with E-state index in [1.54, 1.807) is 49.4 Å². The van der Waals surface area contributed by atoms with Gasteiger partial charge in [0.05, 0.1) is 22.8 Å².